The summed E-state index contributed by atoms with van der Waals surface area (Å²) >= 11 is 5.15. The second-order valence-electron chi connectivity index (χ2n) is 3.58. The monoisotopic (exact) mass is 277 g/mol. The van der Waals surface area contributed by atoms with E-state index in [2.05, 4.69) is 27.4 Å². The van der Waals surface area contributed by atoms with Crippen LogP contribution in [0.2, 0.25) is 0 Å². The molecule has 0 aliphatic carbocycles. The van der Waals surface area contributed by atoms with Gasteiger partial charge in [0.25, 0.3) is 0 Å². The number of hydrogen-bond donors (Lipinski definition) is 1. The lowest BCUT2D eigenvalue weighted by atomic mass is 10.2. The Bertz CT molecular complexity index is 275. The fourth-order valence-electron chi connectivity index (χ4n) is 1.09. The third kappa shape index (κ3) is 4.55. The van der Waals surface area contributed by atoms with Crippen molar-refractivity contribution < 1.29 is 4.74 Å². The Morgan fingerprint density at radius 3 is 2.79 bits per heavy atom. The maximum absolute atomic E-state index is 5.93. The van der Waals surface area contributed by atoms with E-state index >= 15 is 0 Å². The lowest BCUT2D eigenvalue weighted by Crippen LogP contribution is -2.29. The molecule has 0 aliphatic rings. The maximum Gasteiger partial charge on any atom is 0.0624 e. The molecule has 1 atom stereocenters. The van der Waals surface area contributed by atoms with Crippen LogP contribution in [-0.2, 0) is 11.2 Å². The SMILES string of the molecule is CC(C)OCC(N)Cc1cc(Br)cs1. The number of ether oxygens (including phenoxy) is 1. The highest BCUT2D eigenvalue weighted by Crippen LogP contribution is 2.20. The molecular weight excluding hydrogens is 262 g/mol. The molecule has 0 saturated heterocycles. The molecule has 1 rings (SSSR count). The zero-order chi connectivity index (χ0) is 10.6. The van der Waals surface area contributed by atoms with Gasteiger partial charge in [0.15, 0.2) is 0 Å². The molecule has 80 valence electrons. The highest BCUT2D eigenvalue weighted by Gasteiger charge is 2.07. The van der Waals surface area contributed by atoms with Gasteiger partial charge in [-0.05, 0) is 42.3 Å². The fourth-order valence-corrected chi connectivity index (χ4v) is 2.64. The summed E-state index contributed by atoms with van der Waals surface area (Å²) in [6.07, 6.45) is 1.15. The first-order chi connectivity index (χ1) is 6.58. The molecule has 2 nitrogen and oxygen atoms in total. The minimum absolute atomic E-state index is 0.1000. The molecule has 4 heteroatoms. The second kappa shape index (κ2) is 5.85. The molecule has 1 aromatic rings. The van der Waals surface area contributed by atoms with Gasteiger partial charge in [-0.1, -0.05) is 0 Å². The molecule has 0 bridgehead atoms. The summed E-state index contributed by atoms with van der Waals surface area (Å²) in [6, 6.07) is 2.21. The van der Waals surface area contributed by atoms with Crippen molar-refractivity contribution in [1.82, 2.24) is 0 Å². The van der Waals surface area contributed by atoms with Gasteiger partial charge >= 0.3 is 0 Å². The zero-order valence-corrected chi connectivity index (χ0v) is 10.9. The summed E-state index contributed by atoms with van der Waals surface area (Å²) in [6.45, 7) is 4.68. The quantitative estimate of drug-likeness (QED) is 0.899. The summed E-state index contributed by atoms with van der Waals surface area (Å²) < 4.78 is 6.58. The average Bonchev–Trinajstić information content (AvgIpc) is 2.48. The summed E-state index contributed by atoms with van der Waals surface area (Å²) in [5.74, 6) is 0. The minimum Gasteiger partial charge on any atom is -0.377 e. The Labute approximate surface area is 97.6 Å². The molecular formula is C10H16BrNOS. The molecule has 2 N–H and O–H groups in total. The lowest BCUT2D eigenvalue weighted by molar-refractivity contribution is 0.0685. The minimum atomic E-state index is 0.1000. The Balaban J connectivity index is 2.30. The van der Waals surface area contributed by atoms with E-state index in [1.807, 2.05) is 13.8 Å². The van der Waals surface area contributed by atoms with Gasteiger partial charge in [0.2, 0.25) is 0 Å². The smallest absolute Gasteiger partial charge is 0.0624 e. The van der Waals surface area contributed by atoms with E-state index in [0.717, 1.165) is 10.9 Å². The first kappa shape index (κ1) is 12.2. The lowest BCUT2D eigenvalue weighted by Gasteiger charge is -2.13. The first-order valence-corrected chi connectivity index (χ1v) is 6.35. The summed E-state index contributed by atoms with van der Waals surface area (Å²) in [5, 5.41) is 2.07. The first-order valence-electron chi connectivity index (χ1n) is 4.68. The van der Waals surface area contributed by atoms with Crippen molar-refractivity contribution in [3.8, 4) is 0 Å². The molecule has 0 aliphatic heterocycles. The zero-order valence-electron chi connectivity index (χ0n) is 8.50. The highest BCUT2D eigenvalue weighted by molar-refractivity contribution is 9.10. The largest absolute Gasteiger partial charge is 0.377 e. The van der Waals surface area contributed by atoms with Crippen molar-refractivity contribution in [3.63, 3.8) is 0 Å². The summed E-state index contributed by atoms with van der Waals surface area (Å²) in [7, 11) is 0. The summed E-state index contributed by atoms with van der Waals surface area (Å²) in [4.78, 5) is 1.30. The average molecular weight is 278 g/mol. The predicted octanol–water partition coefficient (Wildman–Crippen LogP) is 2.81. The van der Waals surface area contributed by atoms with E-state index in [1.165, 1.54) is 4.88 Å². The van der Waals surface area contributed by atoms with Crippen LogP contribution in [0, 0.1) is 0 Å². The molecule has 1 heterocycles. The topological polar surface area (TPSA) is 35.2 Å². The van der Waals surface area contributed by atoms with Crippen molar-refractivity contribution in [2.75, 3.05) is 6.61 Å². The van der Waals surface area contributed by atoms with E-state index in [0.29, 0.717) is 6.61 Å². The van der Waals surface area contributed by atoms with Crippen LogP contribution in [0.15, 0.2) is 15.9 Å². The molecule has 0 radical (unpaired) electrons. The third-order valence-electron chi connectivity index (χ3n) is 1.73. The van der Waals surface area contributed by atoms with Gasteiger partial charge < -0.3 is 10.5 Å². The fraction of sp³-hybridized carbons (Fsp3) is 0.600. The molecule has 0 saturated carbocycles. The number of thiophene rings is 1. The van der Waals surface area contributed by atoms with Crippen LogP contribution >= 0.6 is 27.3 Å². The van der Waals surface area contributed by atoms with Gasteiger partial charge in [-0.3, -0.25) is 0 Å². The third-order valence-corrected chi connectivity index (χ3v) is 3.45. The molecule has 0 aromatic carbocycles. The van der Waals surface area contributed by atoms with Gasteiger partial charge in [-0.2, -0.15) is 0 Å². The van der Waals surface area contributed by atoms with Crippen LogP contribution in [0.3, 0.4) is 0 Å². The predicted molar refractivity (Wildman–Crippen MR) is 64.8 cm³/mol. The standard InChI is InChI=1S/C10H16BrNOS/c1-7(2)13-5-9(12)4-10-3-8(11)6-14-10/h3,6-7,9H,4-5,12H2,1-2H3. The highest BCUT2D eigenvalue weighted by atomic mass is 79.9. The van der Waals surface area contributed by atoms with Gasteiger partial charge in [-0.15, -0.1) is 11.3 Å². The molecule has 1 unspecified atom stereocenters. The number of nitrogens with two attached hydrogens (primary N) is 1. The van der Waals surface area contributed by atoms with Crippen LogP contribution in [0.5, 0.6) is 0 Å². The normalized spacial score (nSPS) is 13.5. The van der Waals surface area contributed by atoms with E-state index in [-0.39, 0.29) is 12.1 Å². The van der Waals surface area contributed by atoms with Crippen LogP contribution in [0.4, 0.5) is 0 Å². The van der Waals surface area contributed by atoms with Crippen LogP contribution < -0.4 is 5.73 Å². The summed E-state index contributed by atoms with van der Waals surface area (Å²) in [5.41, 5.74) is 5.93. The van der Waals surface area contributed by atoms with Gasteiger partial charge in [-0.25, -0.2) is 0 Å². The Hall–Kier alpha value is 0.1000. The van der Waals surface area contributed by atoms with Crippen LogP contribution in [0.1, 0.15) is 18.7 Å². The van der Waals surface area contributed by atoms with Crippen LogP contribution in [0.25, 0.3) is 0 Å². The van der Waals surface area contributed by atoms with E-state index in [9.17, 15) is 0 Å². The molecule has 1 aromatic heterocycles. The van der Waals surface area contributed by atoms with E-state index in [4.69, 9.17) is 10.5 Å². The number of hydrogen-bond acceptors (Lipinski definition) is 3. The number of halogens is 1. The van der Waals surface area contributed by atoms with E-state index in [1.54, 1.807) is 11.3 Å². The van der Waals surface area contributed by atoms with Gasteiger partial charge in [0.1, 0.15) is 0 Å². The molecule has 0 spiro atoms. The molecule has 0 fully saturated rings. The van der Waals surface area contributed by atoms with Crippen molar-refractivity contribution in [1.29, 1.82) is 0 Å². The molecule has 0 amide bonds. The number of rotatable bonds is 5. The second-order valence-corrected chi connectivity index (χ2v) is 5.49. The Morgan fingerprint density at radius 2 is 2.29 bits per heavy atom. The van der Waals surface area contributed by atoms with Crippen molar-refractivity contribution >= 4 is 27.3 Å². The van der Waals surface area contributed by atoms with Crippen LogP contribution in [-0.4, -0.2) is 18.8 Å². The van der Waals surface area contributed by atoms with Gasteiger partial charge in [0, 0.05) is 20.8 Å². The maximum atomic E-state index is 5.93. The van der Waals surface area contributed by atoms with Gasteiger partial charge in [0.05, 0.1) is 12.7 Å². The van der Waals surface area contributed by atoms with Crippen molar-refractivity contribution in [2.24, 2.45) is 5.73 Å². The molecule has 14 heavy (non-hydrogen) atoms. The Morgan fingerprint density at radius 1 is 1.57 bits per heavy atom. The van der Waals surface area contributed by atoms with Crippen molar-refractivity contribution in [3.05, 3.63) is 20.8 Å². The van der Waals surface area contributed by atoms with E-state index < -0.39 is 0 Å². The Kier molecular flexibility index (Phi) is 5.09. The van der Waals surface area contributed by atoms with Crippen molar-refractivity contribution in [2.45, 2.75) is 32.4 Å².